The van der Waals surface area contributed by atoms with E-state index in [2.05, 4.69) is 4.98 Å². The van der Waals surface area contributed by atoms with Gasteiger partial charge in [-0.1, -0.05) is 30.5 Å². The topological polar surface area (TPSA) is 62.4 Å². The maximum atomic E-state index is 13.4. The van der Waals surface area contributed by atoms with E-state index in [4.69, 9.17) is 4.74 Å². The van der Waals surface area contributed by atoms with E-state index in [0.29, 0.717) is 17.7 Å². The molecule has 5 nitrogen and oxygen atoms in total. The predicted octanol–water partition coefficient (Wildman–Crippen LogP) is 4.43. The second kappa shape index (κ2) is 8.11. The third-order valence-electron chi connectivity index (χ3n) is 5.76. The lowest BCUT2D eigenvalue weighted by Crippen LogP contribution is -2.39. The molecule has 1 aliphatic carbocycles. The average molecular weight is 390 g/mol. The molecule has 4 rings (SSSR count). The lowest BCUT2D eigenvalue weighted by Gasteiger charge is -2.29. The van der Waals surface area contributed by atoms with Gasteiger partial charge in [0.25, 0.3) is 11.5 Å². The number of aromatic nitrogens is 1. The van der Waals surface area contributed by atoms with E-state index in [1.165, 1.54) is 0 Å². The first-order valence-corrected chi connectivity index (χ1v) is 10.1. The molecule has 0 spiro atoms. The second-order valence-corrected chi connectivity index (χ2v) is 7.82. The lowest BCUT2D eigenvalue weighted by molar-refractivity contribution is 0.0663. The van der Waals surface area contributed by atoms with Crippen molar-refractivity contribution in [3.63, 3.8) is 0 Å². The van der Waals surface area contributed by atoms with Crippen LogP contribution in [0.3, 0.4) is 0 Å². The van der Waals surface area contributed by atoms with Gasteiger partial charge < -0.3 is 14.6 Å². The second-order valence-electron chi connectivity index (χ2n) is 7.82. The molecular formula is C24H26N2O3. The van der Waals surface area contributed by atoms with E-state index in [1.54, 1.807) is 7.11 Å². The number of nitrogens with zero attached hydrogens (tertiary/aromatic N) is 1. The highest BCUT2D eigenvalue weighted by Gasteiger charge is 2.28. The first-order chi connectivity index (χ1) is 14.0. The Balaban J connectivity index is 1.71. The Bertz CT molecular complexity index is 1100. The number of ether oxygens (including phenoxy) is 1. The molecule has 0 bridgehead atoms. The van der Waals surface area contributed by atoms with Crippen molar-refractivity contribution >= 4 is 16.8 Å². The van der Waals surface area contributed by atoms with Gasteiger partial charge in [0.1, 0.15) is 5.75 Å². The zero-order chi connectivity index (χ0) is 20.4. The van der Waals surface area contributed by atoms with Crippen LogP contribution in [-0.4, -0.2) is 28.9 Å². The van der Waals surface area contributed by atoms with Gasteiger partial charge in [-0.2, -0.15) is 0 Å². The van der Waals surface area contributed by atoms with Crippen molar-refractivity contribution in [2.45, 2.75) is 45.2 Å². The van der Waals surface area contributed by atoms with Crippen LogP contribution in [0.1, 0.15) is 47.2 Å². The van der Waals surface area contributed by atoms with Crippen LogP contribution in [-0.2, 0) is 6.54 Å². The Labute approximate surface area is 170 Å². The van der Waals surface area contributed by atoms with E-state index in [-0.39, 0.29) is 17.5 Å². The van der Waals surface area contributed by atoms with Crippen molar-refractivity contribution in [1.82, 2.24) is 9.88 Å². The summed E-state index contributed by atoms with van der Waals surface area (Å²) in [6.07, 6.45) is 4.20. The number of fused-ring (bicyclic) bond motifs is 1. The Morgan fingerprint density at radius 1 is 1.14 bits per heavy atom. The molecule has 0 aliphatic heterocycles. The smallest absolute Gasteiger partial charge is 0.254 e. The zero-order valence-corrected chi connectivity index (χ0v) is 16.9. The van der Waals surface area contributed by atoms with Gasteiger partial charge in [0.15, 0.2) is 0 Å². The minimum Gasteiger partial charge on any atom is -0.497 e. The van der Waals surface area contributed by atoms with E-state index in [0.717, 1.165) is 47.9 Å². The summed E-state index contributed by atoms with van der Waals surface area (Å²) in [7, 11) is 1.62. The molecule has 1 aliphatic rings. The molecule has 5 heteroatoms. The highest BCUT2D eigenvalue weighted by Crippen LogP contribution is 2.27. The Hall–Kier alpha value is -3.08. The van der Waals surface area contributed by atoms with Gasteiger partial charge in [0.2, 0.25) is 0 Å². The summed E-state index contributed by atoms with van der Waals surface area (Å²) in [6.45, 7) is 2.29. The largest absolute Gasteiger partial charge is 0.497 e. The fourth-order valence-corrected chi connectivity index (χ4v) is 4.18. The third-order valence-corrected chi connectivity index (χ3v) is 5.76. The molecular weight excluding hydrogens is 364 g/mol. The Morgan fingerprint density at radius 3 is 2.66 bits per heavy atom. The summed E-state index contributed by atoms with van der Waals surface area (Å²) in [5, 5.41) is 0.897. The number of benzene rings is 2. The SMILES string of the molecule is COc1ccc2[nH]c(=O)c(CN(C(=O)c3cccc(C)c3)C3CCCC3)cc2c1. The molecule has 1 fully saturated rings. The van der Waals surface area contributed by atoms with E-state index in [9.17, 15) is 9.59 Å². The van der Waals surface area contributed by atoms with Crippen LogP contribution in [0.2, 0.25) is 0 Å². The summed E-state index contributed by atoms with van der Waals surface area (Å²) in [6, 6.07) is 15.3. The molecule has 1 aromatic heterocycles. The van der Waals surface area contributed by atoms with Crippen molar-refractivity contribution in [1.29, 1.82) is 0 Å². The summed E-state index contributed by atoms with van der Waals surface area (Å²) in [5.74, 6) is 0.727. The fraction of sp³-hybridized carbons (Fsp3) is 0.333. The molecule has 29 heavy (non-hydrogen) atoms. The summed E-state index contributed by atoms with van der Waals surface area (Å²) < 4.78 is 5.31. The zero-order valence-electron chi connectivity index (χ0n) is 16.9. The maximum Gasteiger partial charge on any atom is 0.254 e. The number of nitrogens with one attached hydrogen (secondary N) is 1. The minimum absolute atomic E-state index is 0.00857. The van der Waals surface area contributed by atoms with E-state index in [1.807, 2.05) is 60.4 Å². The first kappa shape index (κ1) is 19.2. The van der Waals surface area contributed by atoms with Gasteiger partial charge >= 0.3 is 0 Å². The Kier molecular flexibility index (Phi) is 5.38. The first-order valence-electron chi connectivity index (χ1n) is 10.1. The molecule has 1 saturated carbocycles. The number of aromatic amines is 1. The van der Waals surface area contributed by atoms with Crippen molar-refractivity contribution in [2.75, 3.05) is 7.11 Å². The number of aryl methyl sites for hydroxylation is 1. The van der Waals surface area contributed by atoms with Crippen molar-refractivity contribution in [3.8, 4) is 5.75 Å². The number of rotatable bonds is 5. The Morgan fingerprint density at radius 2 is 1.93 bits per heavy atom. The molecule has 1 N–H and O–H groups in total. The molecule has 0 saturated heterocycles. The maximum absolute atomic E-state index is 13.4. The molecule has 1 heterocycles. The fourth-order valence-electron chi connectivity index (χ4n) is 4.18. The molecule has 0 radical (unpaired) electrons. The van der Waals surface area contributed by atoms with Gasteiger partial charge in [-0.25, -0.2) is 0 Å². The number of hydrogen-bond donors (Lipinski definition) is 1. The van der Waals surface area contributed by atoms with Gasteiger partial charge in [0, 0.05) is 28.1 Å². The molecule has 1 amide bonds. The summed E-state index contributed by atoms with van der Waals surface area (Å²) >= 11 is 0. The highest BCUT2D eigenvalue weighted by molar-refractivity contribution is 5.94. The third kappa shape index (κ3) is 4.04. The predicted molar refractivity (Wildman–Crippen MR) is 114 cm³/mol. The highest BCUT2D eigenvalue weighted by atomic mass is 16.5. The van der Waals surface area contributed by atoms with Crippen LogP contribution in [0.25, 0.3) is 10.9 Å². The minimum atomic E-state index is -0.150. The van der Waals surface area contributed by atoms with Crippen molar-refractivity contribution in [3.05, 3.63) is 75.6 Å². The van der Waals surface area contributed by atoms with Crippen LogP contribution < -0.4 is 10.3 Å². The number of pyridine rings is 1. The van der Waals surface area contributed by atoms with Gasteiger partial charge in [-0.3, -0.25) is 9.59 Å². The number of carbonyl (C=O) groups excluding carboxylic acids is 1. The molecule has 150 valence electrons. The van der Waals surface area contributed by atoms with Crippen molar-refractivity contribution < 1.29 is 9.53 Å². The number of carbonyl (C=O) groups is 1. The molecule has 0 atom stereocenters. The van der Waals surface area contributed by atoms with Gasteiger partial charge in [-0.05, 0) is 56.2 Å². The lowest BCUT2D eigenvalue weighted by atomic mass is 10.1. The normalized spacial score (nSPS) is 14.3. The standard InChI is InChI=1S/C24H26N2O3/c1-16-6-5-7-17(12-16)24(28)26(20-8-3-4-9-20)15-19-13-18-14-21(29-2)10-11-22(18)25-23(19)27/h5-7,10-14,20H,3-4,8-9,15H2,1-2H3,(H,25,27). The number of amides is 1. The van der Waals surface area contributed by atoms with Crippen LogP contribution in [0.5, 0.6) is 5.75 Å². The van der Waals surface area contributed by atoms with Crippen LogP contribution in [0.15, 0.2) is 53.3 Å². The van der Waals surface area contributed by atoms with Gasteiger partial charge in [-0.15, -0.1) is 0 Å². The van der Waals surface area contributed by atoms with Crippen LogP contribution >= 0.6 is 0 Å². The van der Waals surface area contributed by atoms with Gasteiger partial charge in [0.05, 0.1) is 13.7 Å². The molecule has 0 unspecified atom stereocenters. The van der Waals surface area contributed by atoms with Crippen molar-refractivity contribution in [2.24, 2.45) is 0 Å². The quantitative estimate of drug-likeness (QED) is 0.701. The van der Waals surface area contributed by atoms with Crippen LogP contribution in [0.4, 0.5) is 0 Å². The monoisotopic (exact) mass is 390 g/mol. The number of H-pyrrole nitrogens is 1. The molecule has 2 aromatic carbocycles. The van der Waals surface area contributed by atoms with E-state index < -0.39 is 0 Å². The van der Waals surface area contributed by atoms with E-state index >= 15 is 0 Å². The summed E-state index contributed by atoms with van der Waals surface area (Å²) in [5.41, 5.74) is 2.94. The number of hydrogen-bond acceptors (Lipinski definition) is 3. The number of methoxy groups -OCH3 is 1. The summed E-state index contributed by atoms with van der Waals surface area (Å²) in [4.78, 5) is 30.9. The van der Waals surface area contributed by atoms with Crippen LogP contribution in [0, 0.1) is 6.92 Å². The average Bonchev–Trinajstić information content (AvgIpc) is 3.26. The molecule has 3 aromatic rings.